The highest BCUT2D eigenvalue weighted by molar-refractivity contribution is 5.85. The predicted octanol–water partition coefficient (Wildman–Crippen LogP) is 2.75. The monoisotopic (exact) mass is 275 g/mol. The highest BCUT2D eigenvalue weighted by Gasteiger charge is 2.36. The van der Waals surface area contributed by atoms with Gasteiger partial charge in [-0.15, -0.1) is 0 Å². The van der Waals surface area contributed by atoms with Crippen LogP contribution < -0.4 is 5.32 Å². The molecular formula is C16H21NO3. The summed E-state index contributed by atoms with van der Waals surface area (Å²) in [6.07, 6.45) is 3.11. The number of rotatable bonds is 4. The highest BCUT2D eigenvalue weighted by atomic mass is 16.4. The fraction of sp³-hybridized carbons (Fsp3) is 0.500. The van der Waals surface area contributed by atoms with Crippen LogP contribution in [0.4, 0.5) is 0 Å². The third kappa shape index (κ3) is 3.38. The van der Waals surface area contributed by atoms with Crippen LogP contribution in [0.5, 0.6) is 0 Å². The summed E-state index contributed by atoms with van der Waals surface area (Å²) in [5, 5.41) is 12.2. The number of hydrogen-bond donors (Lipinski definition) is 2. The summed E-state index contributed by atoms with van der Waals surface area (Å²) in [5.41, 5.74) is 1.03. The molecule has 1 aromatic carbocycles. The second-order valence-corrected chi connectivity index (χ2v) is 5.48. The molecule has 1 aromatic rings. The van der Waals surface area contributed by atoms with Gasteiger partial charge in [-0.2, -0.15) is 0 Å². The van der Waals surface area contributed by atoms with E-state index in [2.05, 4.69) is 5.32 Å². The molecule has 2 rings (SSSR count). The minimum Gasteiger partial charge on any atom is -0.481 e. The van der Waals surface area contributed by atoms with Crippen molar-refractivity contribution in [1.82, 2.24) is 5.32 Å². The Morgan fingerprint density at radius 1 is 1.15 bits per heavy atom. The smallest absolute Gasteiger partial charge is 0.307 e. The van der Waals surface area contributed by atoms with Crippen molar-refractivity contribution in [3.05, 3.63) is 35.9 Å². The third-order valence-electron chi connectivity index (χ3n) is 4.08. The molecule has 0 radical (unpaired) electrons. The maximum Gasteiger partial charge on any atom is 0.307 e. The maximum atomic E-state index is 12.3. The topological polar surface area (TPSA) is 66.4 Å². The normalized spacial score (nSPS) is 23.9. The first-order chi connectivity index (χ1) is 9.59. The van der Waals surface area contributed by atoms with Crippen LogP contribution in [-0.4, -0.2) is 17.0 Å². The molecule has 108 valence electrons. The van der Waals surface area contributed by atoms with E-state index in [-0.39, 0.29) is 11.9 Å². The number of amides is 1. The third-order valence-corrected chi connectivity index (χ3v) is 4.08. The quantitative estimate of drug-likeness (QED) is 0.888. The maximum absolute atomic E-state index is 12.3. The Hall–Kier alpha value is -1.84. The second-order valence-electron chi connectivity index (χ2n) is 5.48. The molecule has 4 heteroatoms. The molecular weight excluding hydrogens is 254 g/mol. The summed E-state index contributed by atoms with van der Waals surface area (Å²) >= 11 is 0. The van der Waals surface area contributed by atoms with Gasteiger partial charge in [0, 0.05) is 0 Å². The zero-order valence-corrected chi connectivity index (χ0v) is 11.7. The molecule has 1 saturated carbocycles. The van der Waals surface area contributed by atoms with Gasteiger partial charge in [0.05, 0.1) is 17.9 Å². The van der Waals surface area contributed by atoms with E-state index in [0.29, 0.717) is 12.8 Å². The van der Waals surface area contributed by atoms with Crippen molar-refractivity contribution < 1.29 is 14.7 Å². The van der Waals surface area contributed by atoms with Crippen molar-refractivity contribution in [2.75, 3.05) is 0 Å². The summed E-state index contributed by atoms with van der Waals surface area (Å²) in [5.74, 6) is -1.91. The van der Waals surface area contributed by atoms with E-state index in [1.54, 1.807) is 0 Å². The first-order valence-electron chi connectivity index (χ1n) is 7.17. The number of nitrogens with one attached hydrogen (secondary N) is 1. The average Bonchev–Trinajstić information content (AvgIpc) is 2.48. The van der Waals surface area contributed by atoms with Crippen molar-refractivity contribution in [3.8, 4) is 0 Å². The van der Waals surface area contributed by atoms with E-state index < -0.39 is 17.8 Å². The molecule has 2 N–H and O–H groups in total. The summed E-state index contributed by atoms with van der Waals surface area (Å²) in [6.45, 7) is 1.92. The van der Waals surface area contributed by atoms with Gasteiger partial charge in [-0.1, -0.05) is 43.2 Å². The zero-order valence-electron chi connectivity index (χ0n) is 11.7. The van der Waals surface area contributed by atoms with Crippen LogP contribution >= 0.6 is 0 Å². The van der Waals surface area contributed by atoms with E-state index in [1.807, 2.05) is 37.3 Å². The Morgan fingerprint density at radius 3 is 2.35 bits per heavy atom. The van der Waals surface area contributed by atoms with Gasteiger partial charge in [0.2, 0.25) is 5.91 Å². The molecule has 0 bridgehead atoms. The lowest BCUT2D eigenvalue weighted by molar-refractivity contribution is -0.149. The van der Waals surface area contributed by atoms with Crippen LogP contribution in [0.3, 0.4) is 0 Å². The molecule has 0 aromatic heterocycles. The summed E-state index contributed by atoms with van der Waals surface area (Å²) in [7, 11) is 0. The first-order valence-corrected chi connectivity index (χ1v) is 7.17. The Morgan fingerprint density at radius 2 is 1.75 bits per heavy atom. The predicted molar refractivity (Wildman–Crippen MR) is 76.1 cm³/mol. The van der Waals surface area contributed by atoms with Gasteiger partial charge < -0.3 is 10.4 Å². The van der Waals surface area contributed by atoms with Crippen LogP contribution in [0.2, 0.25) is 0 Å². The van der Waals surface area contributed by atoms with Gasteiger partial charge >= 0.3 is 5.97 Å². The van der Waals surface area contributed by atoms with E-state index in [4.69, 9.17) is 0 Å². The number of carbonyl (C=O) groups excluding carboxylic acids is 1. The van der Waals surface area contributed by atoms with Crippen molar-refractivity contribution in [2.24, 2.45) is 11.8 Å². The summed E-state index contributed by atoms with van der Waals surface area (Å²) < 4.78 is 0. The average molecular weight is 275 g/mol. The van der Waals surface area contributed by atoms with Crippen LogP contribution in [0, 0.1) is 11.8 Å². The molecule has 1 fully saturated rings. The van der Waals surface area contributed by atoms with Crippen molar-refractivity contribution in [3.63, 3.8) is 0 Å². The largest absolute Gasteiger partial charge is 0.481 e. The minimum absolute atomic E-state index is 0.0972. The lowest BCUT2D eigenvalue weighted by Crippen LogP contribution is -2.40. The van der Waals surface area contributed by atoms with Gasteiger partial charge in [0.15, 0.2) is 0 Å². The van der Waals surface area contributed by atoms with Crippen LogP contribution in [0.25, 0.3) is 0 Å². The Balaban J connectivity index is 2.01. The van der Waals surface area contributed by atoms with E-state index in [9.17, 15) is 14.7 Å². The van der Waals surface area contributed by atoms with Crippen LogP contribution in [0.1, 0.15) is 44.2 Å². The minimum atomic E-state index is -0.850. The van der Waals surface area contributed by atoms with Gasteiger partial charge in [-0.05, 0) is 25.3 Å². The van der Waals surface area contributed by atoms with Crippen LogP contribution in [-0.2, 0) is 9.59 Å². The number of hydrogen-bond acceptors (Lipinski definition) is 2. The number of carboxylic acids is 1. The standard InChI is InChI=1S/C16H21NO3/c1-11(12-7-3-2-4-8-12)17-15(18)13-9-5-6-10-14(13)16(19)20/h2-4,7-8,11,13-14H,5-6,9-10H2,1H3,(H,17,18)(H,19,20)/t11-,13+,14+/m1/s1. The highest BCUT2D eigenvalue weighted by Crippen LogP contribution is 2.31. The first kappa shape index (κ1) is 14.6. The van der Waals surface area contributed by atoms with E-state index >= 15 is 0 Å². The van der Waals surface area contributed by atoms with Gasteiger partial charge in [0.25, 0.3) is 0 Å². The fourth-order valence-corrected chi connectivity index (χ4v) is 2.89. The number of aliphatic carboxylic acids is 1. The molecule has 0 aliphatic heterocycles. The Labute approximate surface area is 119 Å². The Kier molecular flexibility index (Phi) is 4.77. The number of carboxylic acid groups (broad SMARTS) is 1. The molecule has 1 amide bonds. The van der Waals surface area contributed by atoms with Gasteiger partial charge in [-0.25, -0.2) is 0 Å². The zero-order chi connectivity index (χ0) is 14.5. The number of carbonyl (C=O) groups is 2. The van der Waals surface area contributed by atoms with Crippen molar-refractivity contribution in [2.45, 2.75) is 38.6 Å². The molecule has 0 heterocycles. The summed E-state index contributed by atoms with van der Waals surface area (Å²) in [4.78, 5) is 23.6. The Bertz CT molecular complexity index is 472. The molecule has 0 spiro atoms. The van der Waals surface area contributed by atoms with Gasteiger partial charge in [-0.3, -0.25) is 9.59 Å². The van der Waals surface area contributed by atoms with Crippen molar-refractivity contribution in [1.29, 1.82) is 0 Å². The second kappa shape index (κ2) is 6.55. The molecule has 0 unspecified atom stereocenters. The molecule has 20 heavy (non-hydrogen) atoms. The lowest BCUT2D eigenvalue weighted by Gasteiger charge is -2.28. The molecule has 4 nitrogen and oxygen atoms in total. The van der Waals surface area contributed by atoms with E-state index in [0.717, 1.165) is 18.4 Å². The van der Waals surface area contributed by atoms with Crippen molar-refractivity contribution >= 4 is 11.9 Å². The molecule has 0 saturated heterocycles. The summed E-state index contributed by atoms with van der Waals surface area (Å²) in [6, 6.07) is 9.61. The van der Waals surface area contributed by atoms with E-state index in [1.165, 1.54) is 0 Å². The fourth-order valence-electron chi connectivity index (χ4n) is 2.89. The SMILES string of the molecule is C[C@@H](NC(=O)[C@H]1CCCC[C@@H]1C(=O)O)c1ccccc1. The van der Waals surface area contributed by atoms with Gasteiger partial charge in [0.1, 0.15) is 0 Å². The molecule has 1 aliphatic carbocycles. The molecule has 3 atom stereocenters. The lowest BCUT2D eigenvalue weighted by atomic mass is 9.78. The van der Waals surface area contributed by atoms with Crippen LogP contribution in [0.15, 0.2) is 30.3 Å². The number of benzene rings is 1. The molecule has 1 aliphatic rings.